The molecule has 0 aliphatic carbocycles. The zero-order valence-electron chi connectivity index (χ0n) is 10.3. The lowest BCUT2D eigenvalue weighted by Gasteiger charge is -2.32. The summed E-state index contributed by atoms with van der Waals surface area (Å²) in [6.45, 7) is 7.81. The molecule has 6 heteroatoms. The molecule has 2 rings (SSSR count). The Balaban J connectivity index is 2.35. The minimum Gasteiger partial charge on any atom is -0.399 e. The van der Waals surface area contributed by atoms with Gasteiger partial charge in [-0.2, -0.15) is 0 Å². The van der Waals surface area contributed by atoms with Gasteiger partial charge >= 0.3 is 7.12 Å². The third-order valence-corrected chi connectivity index (χ3v) is 4.00. The number of halogens is 2. The van der Waals surface area contributed by atoms with Crippen molar-refractivity contribution in [2.24, 2.45) is 0 Å². The molecule has 92 valence electrons. The normalized spacial score (nSPS) is 21.9. The molecule has 0 amide bonds. The molecule has 0 atom stereocenters. The van der Waals surface area contributed by atoms with Crippen LogP contribution in [-0.2, 0) is 9.31 Å². The van der Waals surface area contributed by atoms with Crippen molar-refractivity contribution < 1.29 is 13.7 Å². The van der Waals surface area contributed by atoms with Crippen molar-refractivity contribution in [1.82, 2.24) is 4.98 Å². The number of nitrogens with zero attached hydrogens (tertiary/aromatic N) is 1. The van der Waals surface area contributed by atoms with Gasteiger partial charge in [-0.05, 0) is 49.7 Å². The smallest absolute Gasteiger partial charge is 0.399 e. The molecule has 0 bridgehead atoms. The highest BCUT2D eigenvalue weighted by Crippen LogP contribution is 2.36. The molecular formula is C11H14BBrFNO2. The minimum atomic E-state index is -0.599. The molecule has 1 saturated heterocycles. The maximum absolute atomic E-state index is 13.2. The molecule has 1 aliphatic rings. The Labute approximate surface area is 109 Å². The first kappa shape index (κ1) is 13.0. The van der Waals surface area contributed by atoms with Gasteiger partial charge in [0.15, 0.2) is 0 Å². The van der Waals surface area contributed by atoms with E-state index in [0.29, 0.717) is 10.1 Å². The van der Waals surface area contributed by atoms with Crippen LogP contribution in [0.1, 0.15) is 27.7 Å². The van der Waals surface area contributed by atoms with E-state index in [1.807, 2.05) is 27.7 Å². The summed E-state index contributed by atoms with van der Waals surface area (Å²) in [5.41, 5.74) is -0.309. The SMILES string of the molecule is CC1(C)OB(c2cc(F)cnc2Br)OC1(C)C. The Kier molecular flexibility index (Phi) is 3.08. The molecule has 0 aromatic carbocycles. The summed E-state index contributed by atoms with van der Waals surface area (Å²) in [6.07, 6.45) is 1.15. The first-order valence-electron chi connectivity index (χ1n) is 5.39. The van der Waals surface area contributed by atoms with Gasteiger partial charge in [0.1, 0.15) is 10.4 Å². The molecule has 2 heterocycles. The van der Waals surface area contributed by atoms with E-state index in [-0.39, 0.29) is 0 Å². The van der Waals surface area contributed by atoms with Crippen molar-refractivity contribution in [2.75, 3.05) is 0 Å². The maximum Gasteiger partial charge on any atom is 0.497 e. The molecule has 1 aliphatic heterocycles. The van der Waals surface area contributed by atoms with E-state index in [4.69, 9.17) is 9.31 Å². The van der Waals surface area contributed by atoms with Crippen molar-refractivity contribution in [3.8, 4) is 0 Å². The fourth-order valence-corrected chi connectivity index (χ4v) is 1.98. The van der Waals surface area contributed by atoms with Crippen LogP contribution in [0.2, 0.25) is 0 Å². The summed E-state index contributed by atoms with van der Waals surface area (Å²) in [6, 6.07) is 1.37. The average molecular weight is 302 g/mol. The van der Waals surface area contributed by atoms with Gasteiger partial charge in [0.25, 0.3) is 0 Å². The molecule has 0 N–H and O–H groups in total. The Hall–Kier alpha value is -0.455. The van der Waals surface area contributed by atoms with Crippen LogP contribution in [0.3, 0.4) is 0 Å². The summed E-state index contributed by atoms with van der Waals surface area (Å²) in [5.74, 6) is -0.405. The van der Waals surface area contributed by atoms with Crippen LogP contribution >= 0.6 is 15.9 Å². The number of rotatable bonds is 1. The molecule has 0 unspecified atom stereocenters. The molecule has 17 heavy (non-hydrogen) atoms. The number of pyridine rings is 1. The number of aromatic nitrogens is 1. The lowest BCUT2D eigenvalue weighted by Crippen LogP contribution is -2.41. The predicted molar refractivity (Wildman–Crippen MR) is 67.6 cm³/mol. The van der Waals surface area contributed by atoms with E-state index in [2.05, 4.69) is 20.9 Å². The molecule has 0 spiro atoms. The van der Waals surface area contributed by atoms with E-state index >= 15 is 0 Å². The van der Waals surface area contributed by atoms with Crippen LogP contribution in [0.25, 0.3) is 0 Å². The Morgan fingerprint density at radius 3 is 2.29 bits per heavy atom. The number of hydrogen-bond acceptors (Lipinski definition) is 3. The second kappa shape index (κ2) is 4.04. The zero-order valence-corrected chi connectivity index (χ0v) is 11.8. The summed E-state index contributed by atoms with van der Waals surface area (Å²) in [5, 5.41) is 0. The van der Waals surface area contributed by atoms with Gasteiger partial charge in [0.2, 0.25) is 0 Å². The molecular weight excluding hydrogens is 288 g/mol. The van der Waals surface area contributed by atoms with Crippen LogP contribution in [0.15, 0.2) is 16.9 Å². The molecule has 1 fully saturated rings. The van der Waals surface area contributed by atoms with Gasteiger partial charge in [-0.3, -0.25) is 0 Å². The Morgan fingerprint density at radius 2 is 1.76 bits per heavy atom. The van der Waals surface area contributed by atoms with Crippen LogP contribution < -0.4 is 5.46 Å². The summed E-state index contributed by atoms with van der Waals surface area (Å²) >= 11 is 3.28. The molecule has 1 aromatic heterocycles. The van der Waals surface area contributed by atoms with Crippen LogP contribution in [0.4, 0.5) is 4.39 Å². The Morgan fingerprint density at radius 1 is 1.24 bits per heavy atom. The van der Waals surface area contributed by atoms with Gasteiger partial charge in [0, 0.05) is 5.46 Å². The summed E-state index contributed by atoms with van der Waals surface area (Å²) < 4.78 is 25.4. The van der Waals surface area contributed by atoms with Crippen molar-refractivity contribution in [1.29, 1.82) is 0 Å². The first-order chi connectivity index (χ1) is 7.73. The van der Waals surface area contributed by atoms with Crippen LogP contribution in [-0.4, -0.2) is 23.3 Å². The van der Waals surface area contributed by atoms with Gasteiger partial charge in [-0.25, -0.2) is 9.37 Å². The molecule has 0 radical (unpaired) electrons. The van der Waals surface area contributed by atoms with E-state index in [9.17, 15) is 4.39 Å². The standard InChI is InChI=1S/C11H14BBrFNO2/c1-10(2)11(3,4)17-12(16-10)8-5-7(14)6-15-9(8)13/h5-6H,1-4H3. The third kappa shape index (κ3) is 2.26. The largest absolute Gasteiger partial charge is 0.497 e. The van der Waals surface area contributed by atoms with E-state index in [1.165, 1.54) is 6.07 Å². The topological polar surface area (TPSA) is 31.4 Å². The zero-order chi connectivity index (χ0) is 12.8. The van der Waals surface area contributed by atoms with Crippen molar-refractivity contribution in [3.63, 3.8) is 0 Å². The predicted octanol–water partition coefficient (Wildman–Crippen LogP) is 2.28. The average Bonchev–Trinajstić information content (AvgIpc) is 2.40. The van der Waals surface area contributed by atoms with Crippen LogP contribution in [0, 0.1) is 5.82 Å². The van der Waals surface area contributed by atoms with E-state index in [1.54, 1.807) is 0 Å². The highest BCUT2D eigenvalue weighted by Gasteiger charge is 2.52. The summed E-state index contributed by atoms with van der Waals surface area (Å²) in [4.78, 5) is 3.90. The monoisotopic (exact) mass is 301 g/mol. The van der Waals surface area contributed by atoms with Crippen molar-refractivity contribution in [3.05, 3.63) is 22.7 Å². The molecule has 0 saturated carbocycles. The second-order valence-corrected chi connectivity index (χ2v) is 5.87. The fourth-order valence-electron chi connectivity index (χ4n) is 1.57. The highest BCUT2D eigenvalue weighted by atomic mass is 79.9. The van der Waals surface area contributed by atoms with Crippen molar-refractivity contribution >= 4 is 28.5 Å². The van der Waals surface area contributed by atoms with Crippen molar-refractivity contribution in [2.45, 2.75) is 38.9 Å². The van der Waals surface area contributed by atoms with Gasteiger partial charge in [0.05, 0.1) is 17.4 Å². The van der Waals surface area contributed by atoms with Gasteiger partial charge in [-0.15, -0.1) is 0 Å². The van der Waals surface area contributed by atoms with E-state index < -0.39 is 24.1 Å². The van der Waals surface area contributed by atoms with Gasteiger partial charge in [-0.1, -0.05) is 0 Å². The minimum absolute atomic E-state index is 0.405. The molecule has 3 nitrogen and oxygen atoms in total. The van der Waals surface area contributed by atoms with Gasteiger partial charge < -0.3 is 9.31 Å². The lowest BCUT2D eigenvalue weighted by atomic mass is 9.80. The van der Waals surface area contributed by atoms with E-state index in [0.717, 1.165) is 6.20 Å². The third-order valence-electron chi connectivity index (χ3n) is 3.34. The number of hydrogen-bond donors (Lipinski definition) is 0. The quantitative estimate of drug-likeness (QED) is 0.589. The fraction of sp³-hybridized carbons (Fsp3) is 0.545. The van der Waals surface area contributed by atoms with Crippen LogP contribution in [0.5, 0.6) is 0 Å². The summed E-state index contributed by atoms with van der Waals surface area (Å²) in [7, 11) is -0.599. The Bertz CT molecular complexity index is 437. The maximum atomic E-state index is 13.2. The lowest BCUT2D eigenvalue weighted by molar-refractivity contribution is 0.00578. The first-order valence-corrected chi connectivity index (χ1v) is 6.19. The highest BCUT2D eigenvalue weighted by molar-refractivity contribution is 9.10. The molecule has 1 aromatic rings. The second-order valence-electron chi connectivity index (χ2n) is 5.12.